The molecule has 24 heavy (non-hydrogen) atoms. The van der Waals surface area contributed by atoms with E-state index < -0.39 is 5.91 Å². The second-order valence-corrected chi connectivity index (χ2v) is 4.87. The summed E-state index contributed by atoms with van der Waals surface area (Å²) in [6.07, 6.45) is 4.38. The molecular formula is C18H17N3O3. The number of hydrogen-bond donors (Lipinski definition) is 4. The summed E-state index contributed by atoms with van der Waals surface area (Å²) in [5, 5.41) is 21.9. The monoisotopic (exact) mass is 323 g/mol. The fourth-order valence-corrected chi connectivity index (χ4v) is 1.86. The van der Waals surface area contributed by atoms with Crippen LogP contribution in [0.3, 0.4) is 0 Å². The summed E-state index contributed by atoms with van der Waals surface area (Å²) >= 11 is 0. The highest BCUT2D eigenvalue weighted by atomic mass is 16.5. The predicted molar refractivity (Wildman–Crippen MR) is 93.3 cm³/mol. The highest BCUT2D eigenvalue weighted by Crippen LogP contribution is 2.12. The molecule has 0 heterocycles. The Morgan fingerprint density at radius 2 is 1.88 bits per heavy atom. The van der Waals surface area contributed by atoms with Gasteiger partial charge in [-0.1, -0.05) is 43.0 Å². The SMILES string of the molecule is C=C(N/N=C/c1cccc(O)c1)c1ccc(/C=C/C(=O)NO)cc1. The zero-order valence-electron chi connectivity index (χ0n) is 12.8. The molecule has 0 spiro atoms. The Bertz CT molecular complexity index is 780. The molecular weight excluding hydrogens is 306 g/mol. The van der Waals surface area contributed by atoms with Crippen LogP contribution < -0.4 is 10.9 Å². The topological polar surface area (TPSA) is 94.0 Å². The van der Waals surface area contributed by atoms with E-state index in [4.69, 9.17) is 5.21 Å². The van der Waals surface area contributed by atoms with Gasteiger partial charge in [0.15, 0.2) is 0 Å². The molecule has 0 radical (unpaired) electrons. The summed E-state index contributed by atoms with van der Waals surface area (Å²) in [6.45, 7) is 3.90. The van der Waals surface area contributed by atoms with Crippen molar-refractivity contribution in [2.24, 2.45) is 5.10 Å². The largest absolute Gasteiger partial charge is 0.508 e. The third-order valence-electron chi connectivity index (χ3n) is 3.08. The van der Waals surface area contributed by atoms with Gasteiger partial charge in [-0.15, -0.1) is 0 Å². The van der Waals surface area contributed by atoms with Gasteiger partial charge in [-0.05, 0) is 34.9 Å². The van der Waals surface area contributed by atoms with Crippen molar-refractivity contribution in [2.45, 2.75) is 0 Å². The number of nitrogens with zero attached hydrogens (tertiary/aromatic N) is 1. The van der Waals surface area contributed by atoms with E-state index in [1.807, 2.05) is 30.3 Å². The molecule has 1 amide bonds. The van der Waals surface area contributed by atoms with Crippen LogP contribution in [0.1, 0.15) is 16.7 Å². The molecule has 0 aliphatic carbocycles. The van der Waals surface area contributed by atoms with Crippen LogP contribution in [0.15, 0.2) is 66.3 Å². The Labute approximate surface area is 139 Å². The number of benzene rings is 2. The number of carbonyl (C=O) groups excluding carboxylic acids is 1. The van der Waals surface area contributed by atoms with Gasteiger partial charge in [0.1, 0.15) is 5.75 Å². The summed E-state index contributed by atoms with van der Waals surface area (Å²) in [4.78, 5) is 10.9. The average Bonchev–Trinajstić information content (AvgIpc) is 2.60. The molecule has 0 aliphatic rings. The number of hydrazone groups is 1. The maximum absolute atomic E-state index is 10.9. The van der Waals surface area contributed by atoms with Gasteiger partial charge in [0, 0.05) is 6.08 Å². The smallest absolute Gasteiger partial charge is 0.267 e. The van der Waals surface area contributed by atoms with Crippen LogP contribution in [-0.4, -0.2) is 22.4 Å². The van der Waals surface area contributed by atoms with E-state index in [1.54, 1.807) is 30.5 Å². The van der Waals surface area contributed by atoms with Gasteiger partial charge >= 0.3 is 0 Å². The van der Waals surface area contributed by atoms with Crippen molar-refractivity contribution < 1.29 is 15.1 Å². The Morgan fingerprint density at radius 3 is 2.54 bits per heavy atom. The molecule has 0 aliphatic heterocycles. The zero-order valence-corrected chi connectivity index (χ0v) is 12.8. The van der Waals surface area contributed by atoms with E-state index in [1.165, 1.54) is 11.6 Å². The van der Waals surface area contributed by atoms with E-state index in [9.17, 15) is 9.90 Å². The lowest BCUT2D eigenvalue weighted by Crippen LogP contribution is -2.14. The Hall–Kier alpha value is -3.38. The number of amides is 1. The van der Waals surface area contributed by atoms with Crippen LogP contribution in [0.25, 0.3) is 11.8 Å². The van der Waals surface area contributed by atoms with Crippen molar-refractivity contribution in [3.05, 3.63) is 77.9 Å². The molecule has 6 nitrogen and oxygen atoms in total. The Kier molecular flexibility index (Phi) is 5.88. The van der Waals surface area contributed by atoms with Gasteiger partial charge in [-0.2, -0.15) is 5.10 Å². The molecule has 2 rings (SSSR count). The lowest BCUT2D eigenvalue weighted by Gasteiger charge is -2.05. The molecule has 122 valence electrons. The minimum absolute atomic E-state index is 0.177. The fourth-order valence-electron chi connectivity index (χ4n) is 1.86. The van der Waals surface area contributed by atoms with E-state index in [0.29, 0.717) is 5.70 Å². The average molecular weight is 323 g/mol. The van der Waals surface area contributed by atoms with Crippen molar-refractivity contribution in [3.8, 4) is 5.75 Å². The second-order valence-electron chi connectivity index (χ2n) is 4.87. The summed E-state index contributed by atoms with van der Waals surface area (Å²) in [5.41, 5.74) is 7.36. The summed E-state index contributed by atoms with van der Waals surface area (Å²) < 4.78 is 0. The number of rotatable bonds is 6. The van der Waals surface area contributed by atoms with E-state index in [0.717, 1.165) is 16.7 Å². The van der Waals surface area contributed by atoms with Crippen molar-refractivity contribution in [1.29, 1.82) is 0 Å². The third kappa shape index (κ3) is 5.11. The van der Waals surface area contributed by atoms with Gasteiger partial charge < -0.3 is 5.11 Å². The first-order valence-electron chi connectivity index (χ1n) is 7.08. The molecule has 0 saturated carbocycles. The first-order chi connectivity index (χ1) is 11.6. The molecule has 0 saturated heterocycles. The van der Waals surface area contributed by atoms with Crippen LogP contribution in [-0.2, 0) is 4.79 Å². The molecule has 0 fully saturated rings. The highest BCUT2D eigenvalue weighted by Gasteiger charge is 1.98. The van der Waals surface area contributed by atoms with Crippen molar-refractivity contribution >= 4 is 23.9 Å². The van der Waals surface area contributed by atoms with Gasteiger partial charge in [0.2, 0.25) is 0 Å². The summed E-state index contributed by atoms with van der Waals surface area (Å²) in [5.74, 6) is -0.414. The second kappa shape index (κ2) is 8.30. The molecule has 4 N–H and O–H groups in total. The number of phenolic OH excluding ortho intramolecular Hbond substituents is 1. The lowest BCUT2D eigenvalue weighted by atomic mass is 10.1. The van der Waals surface area contributed by atoms with E-state index in [2.05, 4.69) is 17.1 Å². The molecule has 0 atom stereocenters. The van der Waals surface area contributed by atoms with Crippen LogP contribution in [0.4, 0.5) is 0 Å². The van der Waals surface area contributed by atoms with Gasteiger partial charge in [0.05, 0.1) is 11.9 Å². The maximum Gasteiger partial charge on any atom is 0.267 e. The van der Waals surface area contributed by atoms with Crippen molar-refractivity contribution in [2.75, 3.05) is 0 Å². The van der Waals surface area contributed by atoms with Gasteiger partial charge in [-0.3, -0.25) is 15.4 Å². The molecule has 0 aromatic heterocycles. The Balaban J connectivity index is 1.95. The number of carbonyl (C=O) groups is 1. The highest BCUT2D eigenvalue weighted by molar-refractivity contribution is 5.90. The first kappa shape index (κ1) is 17.0. The van der Waals surface area contributed by atoms with Crippen LogP contribution >= 0.6 is 0 Å². The number of hydrogen-bond acceptors (Lipinski definition) is 5. The number of phenols is 1. The summed E-state index contributed by atoms with van der Waals surface area (Å²) in [6, 6.07) is 14.0. The maximum atomic E-state index is 10.9. The van der Waals surface area contributed by atoms with Gasteiger partial charge in [0.25, 0.3) is 5.91 Å². The zero-order chi connectivity index (χ0) is 17.4. The van der Waals surface area contributed by atoms with Crippen LogP contribution in [0, 0.1) is 0 Å². The molecule has 2 aromatic carbocycles. The molecule has 2 aromatic rings. The minimum atomic E-state index is -0.591. The fraction of sp³-hybridized carbons (Fsp3) is 0. The van der Waals surface area contributed by atoms with E-state index in [-0.39, 0.29) is 5.75 Å². The minimum Gasteiger partial charge on any atom is -0.508 e. The lowest BCUT2D eigenvalue weighted by molar-refractivity contribution is -0.124. The van der Waals surface area contributed by atoms with Crippen LogP contribution in [0.2, 0.25) is 0 Å². The van der Waals surface area contributed by atoms with Crippen LogP contribution in [0.5, 0.6) is 5.75 Å². The first-order valence-corrected chi connectivity index (χ1v) is 7.08. The number of hydroxylamine groups is 1. The van der Waals surface area contributed by atoms with E-state index >= 15 is 0 Å². The normalized spacial score (nSPS) is 10.9. The van der Waals surface area contributed by atoms with Gasteiger partial charge in [-0.25, -0.2) is 5.48 Å². The molecule has 0 unspecified atom stereocenters. The number of aromatic hydroxyl groups is 1. The molecule has 0 bridgehead atoms. The predicted octanol–water partition coefficient (Wildman–Crippen LogP) is 2.51. The quantitative estimate of drug-likeness (QED) is 0.284. The molecule has 6 heteroatoms. The number of nitrogens with one attached hydrogen (secondary N) is 2. The third-order valence-corrected chi connectivity index (χ3v) is 3.08. The standard InChI is InChI=1S/C18H17N3O3/c1-13(20-19-12-15-3-2-4-17(22)11-15)16-8-5-14(6-9-16)7-10-18(23)21-24/h2-12,20,22,24H,1H2,(H,21,23)/b10-7+,19-12+. The summed E-state index contributed by atoms with van der Waals surface area (Å²) in [7, 11) is 0. The Morgan fingerprint density at radius 1 is 1.12 bits per heavy atom. The van der Waals surface area contributed by atoms with Crippen molar-refractivity contribution in [1.82, 2.24) is 10.9 Å². The van der Waals surface area contributed by atoms with Crippen molar-refractivity contribution in [3.63, 3.8) is 0 Å².